The minimum Gasteiger partial charge on any atom is -0.248 e. The Balaban J connectivity index is 2.54. The van der Waals surface area contributed by atoms with Crippen molar-refractivity contribution in [1.82, 2.24) is 9.78 Å². The Hall–Kier alpha value is -1.39. The van der Waals surface area contributed by atoms with E-state index in [0.717, 1.165) is 38.5 Å². The molecule has 2 N–H and O–H groups in total. The second-order valence-corrected chi connectivity index (χ2v) is 6.49. The highest BCUT2D eigenvalue weighted by atomic mass is 32.2. The number of hydrogen-bond donors (Lipinski definition) is 1. The molecule has 6 nitrogen and oxygen atoms in total. The number of rotatable bonds is 2. The van der Waals surface area contributed by atoms with Gasteiger partial charge in [0.05, 0.1) is 11.7 Å². The average molecular weight is 282 g/mol. The van der Waals surface area contributed by atoms with Crippen LogP contribution < -0.4 is 5.14 Å². The molecule has 2 rings (SSSR count). The largest absolute Gasteiger partial charge is 0.256 e. The number of sulfonamides is 1. The van der Waals surface area contributed by atoms with Gasteiger partial charge < -0.3 is 0 Å². The van der Waals surface area contributed by atoms with E-state index in [4.69, 9.17) is 10.4 Å². The van der Waals surface area contributed by atoms with E-state index in [9.17, 15) is 8.42 Å². The number of aryl methyl sites for hydroxylation is 1. The van der Waals surface area contributed by atoms with Crippen LogP contribution in [0.3, 0.4) is 0 Å². The SMILES string of the molecule is Cc1nn(C2CCCCCC2)c(S(N)(=O)=O)c1C#N. The lowest BCUT2D eigenvalue weighted by Gasteiger charge is -2.17. The second-order valence-electron chi connectivity index (χ2n) is 5.01. The Morgan fingerprint density at radius 1 is 1.32 bits per heavy atom. The van der Waals surface area contributed by atoms with Gasteiger partial charge in [0.15, 0.2) is 5.03 Å². The van der Waals surface area contributed by atoms with Gasteiger partial charge in [-0.25, -0.2) is 18.2 Å². The zero-order chi connectivity index (χ0) is 14.0. The molecule has 104 valence electrons. The molecule has 0 atom stereocenters. The molecule has 19 heavy (non-hydrogen) atoms. The lowest BCUT2D eigenvalue weighted by molar-refractivity contribution is 0.375. The maximum atomic E-state index is 11.7. The van der Waals surface area contributed by atoms with E-state index in [0.29, 0.717) is 5.69 Å². The number of primary sulfonamides is 1. The van der Waals surface area contributed by atoms with Gasteiger partial charge >= 0.3 is 0 Å². The van der Waals surface area contributed by atoms with Crippen LogP contribution in [0.1, 0.15) is 55.8 Å². The molecule has 0 bridgehead atoms. The summed E-state index contributed by atoms with van der Waals surface area (Å²) >= 11 is 0. The van der Waals surface area contributed by atoms with Crippen LogP contribution in [0.2, 0.25) is 0 Å². The highest BCUT2D eigenvalue weighted by Crippen LogP contribution is 2.30. The Morgan fingerprint density at radius 3 is 2.37 bits per heavy atom. The van der Waals surface area contributed by atoms with E-state index in [1.54, 1.807) is 6.92 Å². The summed E-state index contributed by atoms with van der Waals surface area (Å²) in [5, 5.41) is 18.5. The zero-order valence-electron chi connectivity index (χ0n) is 11.0. The Morgan fingerprint density at radius 2 is 1.89 bits per heavy atom. The van der Waals surface area contributed by atoms with Crippen molar-refractivity contribution in [2.45, 2.75) is 56.5 Å². The van der Waals surface area contributed by atoms with Crippen molar-refractivity contribution in [2.24, 2.45) is 5.14 Å². The molecule has 1 fully saturated rings. The molecule has 1 saturated carbocycles. The van der Waals surface area contributed by atoms with Crippen LogP contribution >= 0.6 is 0 Å². The standard InChI is InChI=1S/C12H18N4O2S/c1-9-11(8-13)12(19(14,17)18)16(15-9)10-6-4-2-3-5-7-10/h10H,2-7H2,1H3,(H2,14,17,18). The normalized spacial score (nSPS) is 17.9. The maximum Gasteiger partial charge on any atom is 0.256 e. The van der Waals surface area contributed by atoms with Crippen molar-refractivity contribution >= 4 is 10.0 Å². The fraction of sp³-hybridized carbons (Fsp3) is 0.667. The summed E-state index contributed by atoms with van der Waals surface area (Å²) in [6, 6.07) is 1.93. The third-order valence-corrected chi connectivity index (χ3v) is 4.52. The molecule has 0 aromatic carbocycles. The predicted octanol–water partition coefficient (Wildman–Crippen LogP) is 1.61. The van der Waals surface area contributed by atoms with Crippen LogP contribution in [0.4, 0.5) is 0 Å². The van der Waals surface area contributed by atoms with E-state index in [2.05, 4.69) is 5.10 Å². The molecule has 1 heterocycles. The van der Waals surface area contributed by atoms with Crippen molar-refractivity contribution in [3.05, 3.63) is 11.3 Å². The van der Waals surface area contributed by atoms with Crippen molar-refractivity contribution < 1.29 is 8.42 Å². The van der Waals surface area contributed by atoms with Crippen molar-refractivity contribution in [2.75, 3.05) is 0 Å². The van der Waals surface area contributed by atoms with E-state index < -0.39 is 10.0 Å². The molecule has 0 saturated heterocycles. The number of nitrogens with zero attached hydrogens (tertiary/aromatic N) is 3. The second kappa shape index (κ2) is 5.31. The highest BCUT2D eigenvalue weighted by molar-refractivity contribution is 7.89. The zero-order valence-corrected chi connectivity index (χ0v) is 11.8. The third-order valence-electron chi connectivity index (χ3n) is 3.59. The van der Waals surface area contributed by atoms with Crippen LogP contribution in [0.5, 0.6) is 0 Å². The maximum absolute atomic E-state index is 11.7. The van der Waals surface area contributed by atoms with Gasteiger partial charge in [0, 0.05) is 0 Å². The molecule has 1 aromatic rings. The summed E-state index contributed by atoms with van der Waals surface area (Å²) < 4.78 is 24.9. The lowest BCUT2D eigenvalue weighted by atomic mass is 10.1. The van der Waals surface area contributed by atoms with Gasteiger partial charge in [0.25, 0.3) is 10.0 Å². The summed E-state index contributed by atoms with van der Waals surface area (Å²) in [6.45, 7) is 1.64. The minimum absolute atomic E-state index is 0.0247. The van der Waals surface area contributed by atoms with Gasteiger partial charge in [-0.3, -0.25) is 0 Å². The first-order chi connectivity index (χ1) is 8.95. The molecule has 0 aliphatic heterocycles. The summed E-state index contributed by atoms with van der Waals surface area (Å²) in [5.41, 5.74) is 0.502. The van der Waals surface area contributed by atoms with E-state index in [1.165, 1.54) is 4.68 Å². The molecule has 0 amide bonds. The summed E-state index contributed by atoms with van der Waals surface area (Å²) in [7, 11) is -3.94. The van der Waals surface area contributed by atoms with Crippen LogP contribution in [-0.4, -0.2) is 18.2 Å². The van der Waals surface area contributed by atoms with E-state index in [-0.39, 0.29) is 16.6 Å². The predicted molar refractivity (Wildman–Crippen MR) is 69.8 cm³/mol. The Bertz CT molecular complexity index is 604. The van der Waals surface area contributed by atoms with Gasteiger partial charge in [0.2, 0.25) is 0 Å². The fourth-order valence-electron chi connectivity index (χ4n) is 2.68. The van der Waals surface area contributed by atoms with Gasteiger partial charge in [-0.1, -0.05) is 25.7 Å². The first kappa shape index (κ1) is 14.0. The average Bonchev–Trinajstić information content (AvgIpc) is 2.52. The molecule has 1 aromatic heterocycles. The van der Waals surface area contributed by atoms with Crippen LogP contribution in [-0.2, 0) is 10.0 Å². The molecule has 1 aliphatic carbocycles. The first-order valence-corrected chi connectivity index (χ1v) is 8.01. The molecule has 0 unspecified atom stereocenters. The van der Waals surface area contributed by atoms with Crippen LogP contribution in [0, 0.1) is 18.3 Å². The topological polar surface area (TPSA) is 102 Å². The molecule has 7 heteroatoms. The fourth-order valence-corrected chi connectivity index (χ4v) is 3.61. The smallest absolute Gasteiger partial charge is 0.248 e. The number of hydrogen-bond acceptors (Lipinski definition) is 4. The van der Waals surface area contributed by atoms with E-state index >= 15 is 0 Å². The monoisotopic (exact) mass is 282 g/mol. The van der Waals surface area contributed by atoms with Gasteiger partial charge in [0.1, 0.15) is 11.6 Å². The third kappa shape index (κ3) is 2.80. The molecule has 0 spiro atoms. The minimum atomic E-state index is -3.94. The summed E-state index contributed by atoms with van der Waals surface area (Å²) in [6.07, 6.45) is 6.19. The summed E-state index contributed by atoms with van der Waals surface area (Å²) in [4.78, 5) is 0. The Kier molecular flexibility index (Phi) is 3.92. The molecule has 0 radical (unpaired) electrons. The van der Waals surface area contributed by atoms with Crippen molar-refractivity contribution in [1.29, 1.82) is 5.26 Å². The first-order valence-electron chi connectivity index (χ1n) is 6.47. The van der Waals surface area contributed by atoms with Gasteiger partial charge in [-0.2, -0.15) is 10.4 Å². The van der Waals surface area contributed by atoms with E-state index in [1.807, 2.05) is 6.07 Å². The number of nitriles is 1. The quantitative estimate of drug-likeness (QED) is 0.832. The van der Waals surface area contributed by atoms with Crippen molar-refractivity contribution in [3.63, 3.8) is 0 Å². The van der Waals surface area contributed by atoms with Gasteiger partial charge in [-0.15, -0.1) is 0 Å². The molecule has 1 aliphatic rings. The number of aromatic nitrogens is 2. The lowest BCUT2D eigenvalue weighted by Crippen LogP contribution is -2.22. The van der Waals surface area contributed by atoms with Crippen LogP contribution in [0.25, 0.3) is 0 Å². The van der Waals surface area contributed by atoms with Crippen molar-refractivity contribution in [3.8, 4) is 6.07 Å². The van der Waals surface area contributed by atoms with Gasteiger partial charge in [-0.05, 0) is 19.8 Å². The summed E-state index contributed by atoms with van der Waals surface area (Å²) in [5.74, 6) is 0. The molecular weight excluding hydrogens is 264 g/mol. The number of nitrogens with two attached hydrogens (primary N) is 1. The molecular formula is C12H18N4O2S. The Labute approximate surface area is 113 Å². The van der Waals surface area contributed by atoms with Crippen LogP contribution in [0.15, 0.2) is 5.03 Å². The highest BCUT2D eigenvalue weighted by Gasteiger charge is 2.28.